The fourth-order valence-corrected chi connectivity index (χ4v) is 2.49. The van der Waals surface area contributed by atoms with Crippen molar-refractivity contribution in [3.05, 3.63) is 62.1 Å². The van der Waals surface area contributed by atoms with Crippen molar-refractivity contribution in [3.63, 3.8) is 0 Å². The van der Waals surface area contributed by atoms with Crippen molar-refractivity contribution in [2.45, 2.75) is 6.54 Å². The number of nitrogens with one attached hydrogen (secondary N) is 1. The summed E-state index contributed by atoms with van der Waals surface area (Å²) in [6.45, 7) is 0.302. The first-order valence-electron chi connectivity index (χ1n) is 6.89. The van der Waals surface area contributed by atoms with Crippen LogP contribution in [0.5, 0.6) is 5.75 Å². The highest BCUT2D eigenvalue weighted by Crippen LogP contribution is 2.29. The van der Waals surface area contributed by atoms with E-state index < -0.39 is 10.9 Å². The number of carbonyl (C=O) groups excluding carboxylic acids is 1. The average Bonchev–Trinajstić information content (AvgIpc) is 2.59. The molecule has 0 heterocycles. The number of benzene rings is 2. The second kappa shape index (κ2) is 7.78. The molecule has 2 aromatic carbocycles. The summed E-state index contributed by atoms with van der Waals surface area (Å²) in [6.07, 6.45) is 0. The van der Waals surface area contributed by atoms with Crippen molar-refractivity contribution in [1.29, 1.82) is 0 Å². The molecule has 0 aromatic heterocycles. The van der Waals surface area contributed by atoms with Crippen LogP contribution < -0.4 is 10.1 Å². The van der Waals surface area contributed by atoms with Crippen LogP contribution in [0.3, 0.4) is 0 Å². The lowest BCUT2D eigenvalue weighted by molar-refractivity contribution is -0.384. The van der Waals surface area contributed by atoms with Gasteiger partial charge in [0.15, 0.2) is 0 Å². The highest BCUT2D eigenvalue weighted by molar-refractivity contribution is 9.10. The summed E-state index contributed by atoms with van der Waals surface area (Å²) < 4.78 is 10.5. The van der Waals surface area contributed by atoms with Gasteiger partial charge in [-0.15, -0.1) is 0 Å². The Bertz CT molecular complexity index is 779. The van der Waals surface area contributed by atoms with Crippen LogP contribution in [0.25, 0.3) is 0 Å². The van der Waals surface area contributed by atoms with Gasteiger partial charge in [0.1, 0.15) is 17.0 Å². The van der Waals surface area contributed by atoms with Gasteiger partial charge in [-0.2, -0.15) is 0 Å². The van der Waals surface area contributed by atoms with Crippen LogP contribution in [-0.2, 0) is 11.3 Å². The van der Waals surface area contributed by atoms with Crippen molar-refractivity contribution < 1.29 is 19.2 Å². The van der Waals surface area contributed by atoms with E-state index in [2.05, 4.69) is 21.2 Å². The largest absolute Gasteiger partial charge is 0.496 e. The standard InChI is InChI=1S/C16H15BrN2O5/c1-23-15-6-3-10(7-12(15)16(20)24-2)9-18-13-5-4-11(17)8-14(13)19(21)22/h3-8,18H,9H2,1-2H3. The van der Waals surface area contributed by atoms with E-state index in [9.17, 15) is 14.9 Å². The second-order valence-electron chi connectivity index (χ2n) is 4.80. The molecule has 7 nitrogen and oxygen atoms in total. The van der Waals surface area contributed by atoms with Gasteiger partial charge in [-0.25, -0.2) is 4.79 Å². The van der Waals surface area contributed by atoms with Gasteiger partial charge in [0.25, 0.3) is 5.69 Å². The van der Waals surface area contributed by atoms with Gasteiger partial charge in [-0.05, 0) is 29.8 Å². The van der Waals surface area contributed by atoms with Crippen molar-refractivity contribution in [2.24, 2.45) is 0 Å². The maximum atomic E-state index is 11.8. The summed E-state index contributed by atoms with van der Waals surface area (Å²) in [5.41, 5.74) is 1.41. The second-order valence-corrected chi connectivity index (χ2v) is 5.71. The first kappa shape index (κ1) is 17.7. The van der Waals surface area contributed by atoms with E-state index in [0.29, 0.717) is 28.0 Å². The van der Waals surface area contributed by atoms with Crippen molar-refractivity contribution in [3.8, 4) is 5.75 Å². The Morgan fingerprint density at radius 3 is 2.62 bits per heavy atom. The molecule has 0 radical (unpaired) electrons. The van der Waals surface area contributed by atoms with Crippen LogP contribution in [0.4, 0.5) is 11.4 Å². The highest BCUT2D eigenvalue weighted by Gasteiger charge is 2.16. The third-order valence-electron chi connectivity index (χ3n) is 3.31. The number of methoxy groups -OCH3 is 2. The fraction of sp³-hybridized carbons (Fsp3) is 0.188. The van der Waals surface area contributed by atoms with E-state index in [1.807, 2.05) is 0 Å². The maximum absolute atomic E-state index is 11.8. The van der Waals surface area contributed by atoms with Crippen LogP contribution in [0.2, 0.25) is 0 Å². The number of esters is 1. The van der Waals surface area contributed by atoms with E-state index >= 15 is 0 Å². The lowest BCUT2D eigenvalue weighted by atomic mass is 10.1. The summed E-state index contributed by atoms with van der Waals surface area (Å²) in [7, 11) is 2.75. The zero-order valence-corrected chi connectivity index (χ0v) is 14.6. The number of anilines is 1. The normalized spacial score (nSPS) is 10.1. The minimum atomic E-state index is -0.511. The summed E-state index contributed by atoms with van der Waals surface area (Å²) in [5, 5.41) is 14.1. The average molecular weight is 395 g/mol. The molecule has 0 amide bonds. The summed E-state index contributed by atoms with van der Waals surface area (Å²) in [6, 6.07) is 9.80. The number of hydrogen-bond donors (Lipinski definition) is 1. The number of carbonyl (C=O) groups is 1. The minimum absolute atomic E-state index is 0.0360. The number of nitrogens with zero attached hydrogens (tertiary/aromatic N) is 1. The Balaban J connectivity index is 2.24. The molecule has 0 atom stereocenters. The van der Waals surface area contributed by atoms with Gasteiger partial charge < -0.3 is 14.8 Å². The van der Waals surface area contributed by atoms with Crippen molar-refractivity contribution in [1.82, 2.24) is 0 Å². The number of halogens is 1. The molecule has 1 N–H and O–H groups in total. The lowest BCUT2D eigenvalue weighted by Crippen LogP contribution is -2.07. The molecule has 0 unspecified atom stereocenters. The number of nitro benzene ring substituents is 1. The number of hydrogen-bond acceptors (Lipinski definition) is 6. The predicted octanol–water partition coefficient (Wildman–Crippen LogP) is 3.76. The van der Waals surface area contributed by atoms with Crippen LogP contribution in [-0.4, -0.2) is 25.1 Å². The van der Waals surface area contributed by atoms with E-state index in [1.54, 1.807) is 30.3 Å². The molecule has 0 aliphatic carbocycles. The molecule has 0 saturated carbocycles. The maximum Gasteiger partial charge on any atom is 0.341 e. The Labute approximate surface area is 146 Å². The van der Waals surface area contributed by atoms with Gasteiger partial charge in [0, 0.05) is 17.1 Å². The molecule has 0 aliphatic heterocycles. The molecule has 0 bridgehead atoms. The van der Waals surface area contributed by atoms with Crippen LogP contribution in [0, 0.1) is 10.1 Å². The SMILES string of the molecule is COC(=O)c1cc(CNc2ccc(Br)cc2[N+](=O)[O-])ccc1OC. The minimum Gasteiger partial charge on any atom is -0.496 e. The molecule has 126 valence electrons. The number of rotatable bonds is 6. The summed E-state index contributed by atoms with van der Waals surface area (Å²) in [4.78, 5) is 22.4. The predicted molar refractivity (Wildman–Crippen MR) is 92.5 cm³/mol. The Hall–Kier alpha value is -2.61. The summed E-state index contributed by atoms with van der Waals surface area (Å²) in [5.74, 6) is -0.108. The molecular formula is C16H15BrN2O5. The van der Waals surface area contributed by atoms with Gasteiger partial charge in [-0.3, -0.25) is 10.1 Å². The van der Waals surface area contributed by atoms with Crippen LogP contribution in [0.1, 0.15) is 15.9 Å². The quantitative estimate of drug-likeness (QED) is 0.455. The topological polar surface area (TPSA) is 90.7 Å². The molecule has 0 spiro atoms. The van der Waals surface area contributed by atoms with E-state index in [-0.39, 0.29) is 5.69 Å². The monoisotopic (exact) mass is 394 g/mol. The third-order valence-corrected chi connectivity index (χ3v) is 3.80. The van der Waals surface area contributed by atoms with Gasteiger partial charge in [0.05, 0.1) is 19.1 Å². The van der Waals surface area contributed by atoms with Gasteiger partial charge in [0.2, 0.25) is 0 Å². The highest BCUT2D eigenvalue weighted by atomic mass is 79.9. The fourth-order valence-electron chi connectivity index (χ4n) is 2.14. The summed E-state index contributed by atoms with van der Waals surface area (Å²) >= 11 is 3.21. The lowest BCUT2D eigenvalue weighted by Gasteiger charge is -2.11. The van der Waals surface area contributed by atoms with E-state index in [0.717, 1.165) is 5.56 Å². The van der Waals surface area contributed by atoms with Gasteiger partial charge in [-0.1, -0.05) is 22.0 Å². The third kappa shape index (κ3) is 4.02. The van der Waals surface area contributed by atoms with Crippen LogP contribution in [0.15, 0.2) is 40.9 Å². The number of nitro groups is 1. The Kier molecular flexibility index (Phi) is 5.75. The Morgan fingerprint density at radius 1 is 1.25 bits per heavy atom. The molecule has 2 aromatic rings. The molecule has 0 fully saturated rings. The van der Waals surface area contributed by atoms with Crippen molar-refractivity contribution in [2.75, 3.05) is 19.5 Å². The molecule has 24 heavy (non-hydrogen) atoms. The van der Waals surface area contributed by atoms with E-state index in [1.165, 1.54) is 20.3 Å². The zero-order chi connectivity index (χ0) is 17.7. The Morgan fingerprint density at radius 2 is 2.00 bits per heavy atom. The smallest absolute Gasteiger partial charge is 0.341 e. The van der Waals surface area contributed by atoms with Crippen LogP contribution >= 0.6 is 15.9 Å². The number of ether oxygens (including phenoxy) is 2. The first-order valence-corrected chi connectivity index (χ1v) is 7.68. The molecule has 8 heteroatoms. The first-order chi connectivity index (χ1) is 11.5. The molecule has 0 aliphatic rings. The molecular weight excluding hydrogens is 380 g/mol. The zero-order valence-electron chi connectivity index (χ0n) is 13.0. The molecule has 0 saturated heterocycles. The van der Waals surface area contributed by atoms with Gasteiger partial charge >= 0.3 is 5.97 Å². The van der Waals surface area contributed by atoms with E-state index in [4.69, 9.17) is 9.47 Å². The van der Waals surface area contributed by atoms with Crippen molar-refractivity contribution >= 4 is 33.3 Å². The molecule has 2 rings (SSSR count).